The molecule has 0 bridgehead atoms. The SMILES string of the molecule is NCCC(=O)NCCC(F)=C(F)F. The molecule has 3 nitrogen and oxygen atoms in total. The van der Waals surface area contributed by atoms with Crippen molar-refractivity contribution in [1.82, 2.24) is 5.32 Å². The fourth-order valence-electron chi connectivity index (χ4n) is 0.626. The summed E-state index contributed by atoms with van der Waals surface area (Å²) in [7, 11) is 0. The minimum atomic E-state index is -2.34. The summed E-state index contributed by atoms with van der Waals surface area (Å²) >= 11 is 0. The second-order valence-corrected chi connectivity index (χ2v) is 2.30. The molecule has 6 heteroatoms. The maximum absolute atomic E-state index is 12.1. The van der Waals surface area contributed by atoms with Crippen molar-refractivity contribution >= 4 is 5.91 Å². The number of rotatable bonds is 5. The number of nitrogens with two attached hydrogens (primary N) is 1. The van der Waals surface area contributed by atoms with Crippen LogP contribution in [0.5, 0.6) is 0 Å². The fraction of sp³-hybridized carbons (Fsp3) is 0.571. The maximum Gasteiger partial charge on any atom is 0.301 e. The number of carbonyl (C=O) groups excluding carboxylic acids is 1. The van der Waals surface area contributed by atoms with Crippen molar-refractivity contribution in [2.75, 3.05) is 13.1 Å². The molecule has 3 N–H and O–H groups in total. The van der Waals surface area contributed by atoms with E-state index in [4.69, 9.17) is 5.73 Å². The van der Waals surface area contributed by atoms with Gasteiger partial charge in [0.2, 0.25) is 5.91 Å². The molecule has 0 saturated carbocycles. The Balaban J connectivity index is 3.57. The van der Waals surface area contributed by atoms with Crippen molar-refractivity contribution < 1.29 is 18.0 Å². The van der Waals surface area contributed by atoms with Gasteiger partial charge in [-0.1, -0.05) is 0 Å². The number of carbonyl (C=O) groups is 1. The van der Waals surface area contributed by atoms with Crippen molar-refractivity contribution in [1.29, 1.82) is 0 Å². The Morgan fingerprint density at radius 3 is 2.31 bits per heavy atom. The van der Waals surface area contributed by atoms with E-state index >= 15 is 0 Å². The van der Waals surface area contributed by atoms with Crippen LogP contribution in [0.15, 0.2) is 11.9 Å². The van der Waals surface area contributed by atoms with Gasteiger partial charge in [-0.25, -0.2) is 4.39 Å². The average molecular weight is 196 g/mol. The van der Waals surface area contributed by atoms with E-state index in [1.54, 1.807) is 0 Å². The lowest BCUT2D eigenvalue weighted by Crippen LogP contribution is -2.26. The molecule has 0 rings (SSSR count). The highest BCUT2D eigenvalue weighted by Gasteiger charge is 2.05. The molecule has 76 valence electrons. The highest BCUT2D eigenvalue weighted by atomic mass is 19.3. The number of hydrogen-bond acceptors (Lipinski definition) is 2. The van der Waals surface area contributed by atoms with Gasteiger partial charge in [0.15, 0.2) is 5.83 Å². The zero-order valence-electron chi connectivity index (χ0n) is 6.95. The van der Waals surface area contributed by atoms with Crippen LogP contribution in [-0.2, 0) is 4.79 Å². The molecule has 0 radical (unpaired) electrons. The highest BCUT2D eigenvalue weighted by molar-refractivity contribution is 5.75. The summed E-state index contributed by atoms with van der Waals surface area (Å²) in [4.78, 5) is 10.7. The summed E-state index contributed by atoms with van der Waals surface area (Å²) < 4.78 is 35.1. The summed E-state index contributed by atoms with van der Waals surface area (Å²) in [5, 5.41) is 2.24. The van der Waals surface area contributed by atoms with Crippen LogP contribution in [0.4, 0.5) is 13.2 Å². The maximum atomic E-state index is 12.1. The molecular weight excluding hydrogens is 185 g/mol. The van der Waals surface area contributed by atoms with Crippen LogP contribution in [-0.4, -0.2) is 19.0 Å². The first kappa shape index (κ1) is 12.0. The van der Waals surface area contributed by atoms with E-state index in [1.165, 1.54) is 0 Å². The largest absolute Gasteiger partial charge is 0.356 e. The van der Waals surface area contributed by atoms with Crippen LogP contribution in [0.25, 0.3) is 0 Å². The third-order valence-electron chi connectivity index (χ3n) is 1.24. The van der Waals surface area contributed by atoms with E-state index in [0.29, 0.717) is 0 Å². The summed E-state index contributed by atoms with van der Waals surface area (Å²) in [6.07, 6.45) is -2.71. The van der Waals surface area contributed by atoms with Gasteiger partial charge in [0.05, 0.1) is 0 Å². The van der Waals surface area contributed by atoms with Crippen LogP contribution in [0, 0.1) is 0 Å². The Bertz CT molecular complexity index is 202. The predicted molar refractivity (Wildman–Crippen MR) is 41.6 cm³/mol. The molecular formula is C7H11F3N2O. The Kier molecular flexibility index (Phi) is 5.96. The molecule has 0 aromatic heterocycles. The third-order valence-corrected chi connectivity index (χ3v) is 1.24. The van der Waals surface area contributed by atoms with Crippen molar-refractivity contribution in [3.63, 3.8) is 0 Å². The van der Waals surface area contributed by atoms with Crippen molar-refractivity contribution in [3.05, 3.63) is 11.9 Å². The highest BCUT2D eigenvalue weighted by Crippen LogP contribution is 2.11. The molecule has 0 aliphatic rings. The van der Waals surface area contributed by atoms with Gasteiger partial charge in [-0.15, -0.1) is 0 Å². The summed E-state index contributed by atoms with van der Waals surface area (Å²) in [6.45, 7) is 0.0453. The molecule has 0 saturated heterocycles. The lowest BCUT2D eigenvalue weighted by atomic mass is 10.3. The van der Waals surface area contributed by atoms with Gasteiger partial charge in [0.1, 0.15) is 0 Å². The van der Waals surface area contributed by atoms with Gasteiger partial charge < -0.3 is 11.1 Å². The van der Waals surface area contributed by atoms with Gasteiger partial charge in [-0.3, -0.25) is 4.79 Å². The van der Waals surface area contributed by atoms with Crippen LogP contribution in [0.1, 0.15) is 12.8 Å². The molecule has 0 fully saturated rings. The average Bonchev–Trinajstić information content (AvgIpc) is 2.04. The molecule has 0 aliphatic heterocycles. The Morgan fingerprint density at radius 2 is 1.85 bits per heavy atom. The van der Waals surface area contributed by atoms with Gasteiger partial charge in [-0.2, -0.15) is 8.78 Å². The van der Waals surface area contributed by atoms with E-state index in [0.717, 1.165) is 0 Å². The number of nitrogens with one attached hydrogen (secondary N) is 1. The van der Waals surface area contributed by atoms with Crippen molar-refractivity contribution in [2.45, 2.75) is 12.8 Å². The molecule has 13 heavy (non-hydrogen) atoms. The van der Waals surface area contributed by atoms with Crippen LogP contribution >= 0.6 is 0 Å². The minimum absolute atomic E-state index is 0.115. The monoisotopic (exact) mass is 196 g/mol. The van der Waals surface area contributed by atoms with E-state index in [9.17, 15) is 18.0 Å². The minimum Gasteiger partial charge on any atom is -0.356 e. The van der Waals surface area contributed by atoms with E-state index in [-0.39, 0.29) is 25.4 Å². The first-order valence-corrected chi connectivity index (χ1v) is 3.74. The van der Waals surface area contributed by atoms with Gasteiger partial charge >= 0.3 is 6.08 Å². The second-order valence-electron chi connectivity index (χ2n) is 2.30. The third kappa shape index (κ3) is 6.15. The molecule has 0 unspecified atom stereocenters. The topological polar surface area (TPSA) is 55.1 Å². The second kappa shape index (κ2) is 6.47. The number of hydrogen-bond donors (Lipinski definition) is 2. The fourth-order valence-corrected chi connectivity index (χ4v) is 0.626. The Hall–Kier alpha value is -1.04. The predicted octanol–water partition coefficient (Wildman–Crippen LogP) is 0.919. The van der Waals surface area contributed by atoms with Crippen molar-refractivity contribution in [3.8, 4) is 0 Å². The molecule has 0 heterocycles. The lowest BCUT2D eigenvalue weighted by Gasteiger charge is -2.01. The quantitative estimate of drug-likeness (QED) is 0.686. The summed E-state index contributed by atoms with van der Waals surface area (Å²) in [5.74, 6) is -1.86. The van der Waals surface area contributed by atoms with Crippen LogP contribution in [0.3, 0.4) is 0 Å². The van der Waals surface area contributed by atoms with Gasteiger partial charge in [0.25, 0.3) is 0 Å². The lowest BCUT2D eigenvalue weighted by molar-refractivity contribution is -0.120. The van der Waals surface area contributed by atoms with Gasteiger partial charge in [0, 0.05) is 25.9 Å². The van der Waals surface area contributed by atoms with Crippen molar-refractivity contribution in [2.24, 2.45) is 5.73 Å². The van der Waals surface area contributed by atoms with E-state index < -0.39 is 18.3 Å². The molecule has 0 aliphatic carbocycles. The zero-order valence-corrected chi connectivity index (χ0v) is 6.95. The summed E-state index contributed by atoms with van der Waals surface area (Å²) in [6, 6.07) is 0. The standard InChI is InChI=1S/C7H11F3N2O/c8-5(7(9)10)2-4-12-6(13)1-3-11/h1-4,11H2,(H,12,13). The molecule has 0 aromatic rings. The number of halogens is 3. The van der Waals surface area contributed by atoms with Crippen LogP contribution < -0.4 is 11.1 Å². The molecule has 1 amide bonds. The molecule has 0 aromatic carbocycles. The van der Waals surface area contributed by atoms with Gasteiger partial charge in [-0.05, 0) is 0 Å². The zero-order chi connectivity index (χ0) is 10.3. The molecule has 0 spiro atoms. The first-order chi connectivity index (χ1) is 6.07. The van der Waals surface area contributed by atoms with E-state index in [2.05, 4.69) is 5.32 Å². The molecule has 0 atom stereocenters. The number of amides is 1. The summed E-state index contributed by atoms with van der Waals surface area (Å²) in [5.41, 5.74) is 5.04. The smallest absolute Gasteiger partial charge is 0.301 e. The Morgan fingerprint density at radius 1 is 1.23 bits per heavy atom. The Labute approximate surface area is 73.8 Å². The van der Waals surface area contributed by atoms with Crippen LogP contribution in [0.2, 0.25) is 0 Å². The normalized spacial score (nSPS) is 9.54. The first-order valence-electron chi connectivity index (χ1n) is 3.74. The van der Waals surface area contributed by atoms with E-state index in [1.807, 2.05) is 0 Å².